The first kappa shape index (κ1) is 14.5. The maximum absolute atomic E-state index is 6.00. The van der Waals surface area contributed by atoms with Gasteiger partial charge in [0.25, 0.3) is 0 Å². The number of hydrogen-bond donors (Lipinski definition) is 2. The van der Waals surface area contributed by atoms with Gasteiger partial charge in [-0.05, 0) is 41.5 Å². The highest BCUT2D eigenvalue weighted by Gasteiger charge is 2.16. The first-order chi connectivity index (χ1) is 10.2. The second kappa shape index (κ2) is 6.12. The van der Waals surface area contributed by atoms with Crippen molar-refractivity contribution in [2.24, 2.45) is 5.84 Å². The number of aromatic nitrogens is 1. The molecule has 3 rings (SSSR count). The van der Waals surface area contributed by atoms with Crippen molar-refractivity contribution in [2.45, 2.75) is 6.04 Å². The van der Waals surface area contributed by atoms with Crippen LogP contribution in [0.15, 0.2) is 59.2 Å². The summed E-state index contributed by atoms with van der Waals surface area (Å²) >= 11 is 9.54. The molecule has 0 aliphatic heterocycles. The van der Waals surface area contributed by atoms with E-state index in [9.17, 15) is 0 Å². The molecule has 5 heteroatoms. The summed E-state index contributed by atoms with van der Waals surface area (Å²) < 4.78 is 0.921. The fourth-order valence-corrected chi connectivity index (χ4v) is 3.29. The van der Waals surface area contributed by atoms with Gasteiger partial charge in [-0.2, -0.15) is 0 Å². The van der Waals surface area contributed by atoms with Crippen molar-refractivity contribution in [3.8, 4) is 0 Å². The molecule has 0 saturated carbocycles. The van der Waals surface area contributed by atoms with Crippen LogP contribution in [-0.4, -0.2) is 4.98 Å². The predicted octanol–water partition coefficient (Wildman–Crippen LogP) is 4.20. The Hall–Kier alpha value is -1.46. The molecule has 1 atom stereocenters. The normalized spacial score (nSPS) is 12.5. The third kappa shape index (κ3) is 2.94. The van der Waals surface area contributed by atoms with Crippen LogP contribution in [-0.2, 0) is 0 Å². The fraction of sp³-hybridized carbons (Fsp3) is 0.0625. The predicted molar refractivity (Wildman–Crippen MR) is 90.1 cm³/mol. The molecule has 3 aromatic rings. The number of nitrogens with one attached hydrogen (secondary N) is 1. The van der Waals surface area contributed by atoms with Gasteiger partial charge in [0.05, 0.1) is 11.6 Å². The molecule has 3 N–H and O–H groups in total. The van der Waals surface area contributed by atoms with Gasteiger partial charge in [-0.1, -0.05) is 45.7 Å². The van der Waals surface area contributed by atoms with Gasteiger partial charge < -0.3 is 0 Å². The standard InChI is InChI=1S/C16H13BrClN3/c17-14-9-12(18)4-5-13(14)16(21-19)11-3-6-15-10(8-11)2-1-7-20-15/h1-9,16,21H,19H2. The summed E-state index contributed by atoms with van der Waals surface area (Å²) in [5.41, 5.74) is 5.93. The van der Waals surface area contributed by atoms with E-state index in [1.165, 1.54) is 0 Å². The molecule has 0 aliphatic rings. The van der Waals surface area contributed by atoms with Crippen molar-refractivity contribution < 1.29 is 0 Å². The molecule has 1 aromatic heterocycles. The maximum Gasteiger partial charge on any atom is 0.0721 e. The molecule has 1 unspecified atom stereocenters. The Kier molecular flexibility index (Phi) is 4.22. The summed E-state index contributed by atoms with van der Waals surface area (Å²) in [6.07, 6.45) is 1.79. The number of hydrogen-bond acceptors (Lipinski definition) is 3. The summed E-state index contributed by atoms with van der Waals surface area (Å²) in [6.45, 7) is 0. The van der Waals surface area contributed by atoms with Crippen LogP contribution in [0.1, 0.15) is 17.2 Å². The highest BCUT2D eigenvalue weighted by Crippen LogP contribution is 2.31. The first-order valence-corrected chi connectivity index (χ1v) is 7.62. The van der Waals surface area contributed by atoms with E-state index in [1.54, 1.807) is 6.20 Å². The molecule has 0 spiro atoms. The number of benzene rings is 2. The molecule has 2 aromatic carbocycles. The monoisotopic (exact) mass is 361 g/mol. The zero-order chi connectivity index (χ0) is 14.8. The Morgan fingerprint density at radius 1 is 1.14 bits per heavy atom. The van der Waals surface area contributed by atoms with E-state index in [1.807, 2.05) is 42.5 Å². The Balaban J connectivity index is 2.09. The van der Waals surface area contributed by atoms with Crippen LogP contribution in [0.3, 0.4) is 0 Å². The molecule has 0 saturated heterocycles. The maximum atomic E-state index is 6.00. The van der Waals surface area contributed by atoms with Crippen molar-refractivity contribution in [3.63, 3.8) is 0 Å². The average molecular weight is 363 g/mol. The highest BCUT2D eigenvalue weighted by molar-refractivity contribution is 9.10. The van der Waals surface area contributed by atoms with Gasteiger partial charge >= 0.3 is 0 Å². The van der Waals surface area contributed by atoms with Gasteiger partial charge in [-0.25, -0.2) is 5.43 Å². The second-order valence-electron chi connectivity index (χ2n) is 4.72. The van der Waals surface area contributed by atoms with Crippen molar-refractivity contribution in [3.05, 3.63) is 75.4 Å². The molecule has 106 valence electrons. The van der Waals surface area contributed by atoms with E-state index in [-0.39, 0.29) is 6.04 Å². The molecule has 1 heterocycles. The smallest absolute Gasteiger partial charge is 0.0721 e. The van der Waals surface area contributed by atoms with Crippen molar-refractivity contribution in [2.75, 3.05) is 0 Å². The van der Waals surface area contributed by atoms with Gasteiger partial charge in [0.15, 0.2) is 0 Å². The quantitative estimate of drug-likeness (QED) is 0.542. The Labute approximate surface area is 136 Å². The molecule has 0 bridgehead atoms. The lowest BCUT2D eigenvalue weighted by Crippen LogP contribution is -2.29. The number of nitrogens with two attached hydrogens (primary N) is 1. The minimum absolute atomic E-state index is 0.124. The van der Waals surface area contributed by atoms with E-state index >= 15 is 0 Å². The molecule has 0 amide bonds. The first-order valence-electron chi connectivity index (χ1n) is 6.45. The van der Waals surface area contributed by atoms with E-state index in [2.05, 4.69) is 32.4 Å². The Morgan fingerprint density at radius 2 is 2.00 bits per heavy atom. The lowest BCUT2D eigenvalue weighted by Gasteiger charge is -2.19. The van der Waals surface area contributed by atoms with E-state index in [0.717, 1.165) is 26.5 Å². The Bertz CT molecular complexity index is 791. The third-order valence-corrected chi connectivity index (χ3v) is 4.32. The van der Waals surface area contributed by atoms with Crippen molar-refractivity contribution in [1.82, 2.24) is 10.4 Å². The number of rotatable bonds is 3. The van der Waals surface area contributed by atoms with Crippen LogP contribution >= 0.6 is 27.5 Å². The number of hydrazine groups is 1. The molecule has 21 heavy (non-hydrogen) atoms. The molecule has 3 nitrogen and oxygen atoms in total. The largest absolute Gasteiger partial charge is 0.271 e. The number of halogens is 2. The Morgan fingerprint density at radius 3 is 2.76 bits per heavy atom. The van der Waals surface area contributed by atoms with E-state index in [0.29, 0.717) is 5.02 Å². The van der Waals surface area contributed by atoms with Gasteiger partial charge in [0.2, 0.25) is 0 Å². The van der Waals surface area contributed by atoms with Crippen LogP contribution in [0, 0.1) is 0 Å². The minimum Gasteiger partial charge on any atom is -0.271 e. The number of fused-ring (bicyclic) bond motifs is 1. The zero-order valence-corrected chi connectivity index (χ0v) is 13.4. The summed E-state index contributed by atoms with van der Waals surface area (Å²) in [6, 6.07) is 15.6. The van der Waals surface area contributed by atoms with Crippen LogP contribution in [0.2, 0.25) is 5.02 Å². The summed E-state index contributed by atoms with van der Waals surface area (Å²) in [4.78, 5) is 4.33. The third-order valence-electron chi connectivity index (χ3n) is 3.40. The zero-order valence-electron chi connectivity index (χ0n) is 11.1. The summed E-state index contributed by atoms with van der Waals surface area (Å²) in [5.74, 6) is 5.77. The van der Waals surface area contributed by atoms with Crippen LogP contribution < -0.4 is 11.3 Å². The molecule has 0 aliphatic carbocycles. The van der Waals surface area contributed by atoms with Crippen molar-refractivity contribution in [1.29, 1.82) is 0 Å². The van der Waals surface area contributed by atoms with E-state index in [4.69, 9.17) is 17.4 Å². The second-order valence-corrected chi connectivity index (χ2v) is 6.01. The fourth-order valence-electron chi connectivity index (χ4n) is 2.37. The average Bonchev–Trinajstić information content (AvgIpc) is 2.50. The van der Waals surface area contributed by atoms with Crippen molar-refractivity contribution >= 4 is 38.4 Å². The summed E-state index contributed by atoms with van der Waals surface area (Å²) in [7, 11) is 0. The lowest BCUT2D eigenvalue weighted by molar-refractivity contribution is 0.635. The minimum atomic E-state index is -0.124. The number of pyridine rings is 1. The van der Waals surface area contributed by atoms with Crippen LogP contribution in [0.4, 0.5) is 0 Å². The summed E-state index contributed by atoms with van der Waals surface area (Å²) in [5, 5.41) is 1.77. The molecule has 0 radical (unpaired) electrons. The van der Waals surface area contributed by atoms with Gasteiger partial charge in [-0.3, -0.25) is 10.8 Å². The highest BCUT2D eigenvalue weighted by atomic mass is 79.9. The van der Waals surface area contributed by atoms with Crippen LogP contribution in [0.25, 0.3) is 10.9 Å². The molecular formula is C16H13BrClN3. The topological polar surface area (TPSA) is 50.9 Å². The van der Waals surface area contributed by atoms with E-state index < -0.39 is 0 Å². The lowest BCUT2D eigenvalue weighted by atomic mass is 9.98. The molecule has 0 fully saturated rings. The number of nitrogens with zero attached hydrogens (tertiary/aromatic N) is 1. The SMILES string of the molecule is NNC(c1ccc2ncccc2c1)c1ccc(Cl)cc1Br. The van der Waals surface area contributed by atoms with Gasteiger partial charge in [0, 0.05) is 21.1 Å². The molecular weight excluding hydrogens is 350 g/mol. The van der Waals surface area contributed by atoms with Gasteiger partial charge in [-0.15, -0.1) is 0 Å². The van der Waals surface area contributed by atoms with Gasteiger partial charge in [0.1, 0.15) is 0 Å². The van der Waals surface area contributed by atoms with Crippen LogP contribution in [0.5, 0.6) is 0 Å².